The summed E-state index contributed by atoms with van der Waals surface area (Å²) in [6.07, 6.45) is -0.796. The van der Waals surface area contributed by atoms with Crippen LogP contribution in [0.2, 0.25) is 0 Å². The van der Waals surface area contributed by atoms with Crippen LogP contribution in [-0.2, 0) is 0 Å². The first-order valence-corrected chi connectivity index (χ1v) is 4.99. The molecule has 1 fully saturated rings. The zero-order chi connectivity index (χ0) is 10.8. The summed E-state index contributed by atoms with van der Waals surface area (Å²) < 4.78 is 38.3. The number of alkyl halides is 2. The van der Waals surface area contributed by atoms with Crippen molar-refractivity contribution in [2.45, 2.75) is 25.3 Å². The maximum Gasteiger partial charge on any atom is 0.264 e. The first-order chi connectivity index (χ1) is 7.18. The smallest absolute Gasteiger partial charge is 0.264 e. The Morgan fingerprint density at radius 3 is 2.73 bits per heavy atom. The minimum absolute atomic E-state index is 0.0594. The fourth-order valence-corrected chi connectivity index (χ4v) is 2.00. The van der Waals surface area contributed by atoms with E-state index >= 15 is 0 Å². The molecule has 0 amide bonds. The normalized spacial score (nSPS) is 21.2. The Hall–Kier alpha value is -1.03. The van der Waals surface area contributed by atoms with E-state index < -0.39 is 12.2 Å². The van der Waals surface area contributed by atoms with Crippen molar-refractivity contribution in [2.24, 2.45) is 0 Å². The van der Waals surface area contributed by atoms with Gasteiger partial charge in [0.2, 0.25) is 0 Å². The van der Waals surface area contributed by atoms with E-state index in [1.54, 1.807) is 0 Å². The van der Waals surface area contributed by atoms with Crippen molar-refractivity contribution in [1.82, 2.24) is 5.32 Å². The fourth-order valence-electron chi connectivity index (χ4n) is 2.00. The quantitative estimate of drug-likeness (QED) is 0.798. The summed E-state index contributed by atoms with van der Waals surface area (Å²) in [7, 11) is 0. The van der Waals surface area contributed by atoms with Gasteiger partial charge in [0, 0.05) is 11.6 Å². The lowest BCUT2D eigenvalue weighted by Gasteiger charge is -2.15. The molecule has 0 spiro atoms. The molecule has 1 heterocycles. The highest BCUT2D eigenvalue weighted by molar-refractivity contribution is 5.32. The van der Waals surface area contributed by atoms with Gasteiger partial charge in [-0.15, -0.1) is 0 Å². The first kappa shape index (κ1) is 10.5. The topological polar surface area (TPSA) is 12.0 Å². The summed E-state index contributed by atoms with van der Waals surface area (Å²) >= 11 is 0. The maximum atomic E-state index is 13.0. The zero-order valence-corrected chi connectivity index (χ0v) is 8.14. The van der Waals surface area contributed by atoms with Crippen molar-refractivity contribution in [1.29, 1.82) is 0 Å². The highest BCUT2D eigenvalue weighted by Crippen LogP contribution is 2.32. The molecule has 0 bridgehead atoms. The number of rotatable bonds is 2. The Morgan fingerprint density at radius 1 is 1.33 bits per heavy atom. The predicted octanol–water partition coefficient (Wildman–Crippen LogP) is 3.19. The van der Waals surface area contributed by atoms with Crippen molar-refractivity contribution in [3.8, 4) is 0 Å². The van der Waals surface area contributed by atoms with Crippen LogP contribution >= 0.6 is 0 Å². The van der Waals surface area contributed by atoms with Crippen molar-refractivity contribution in [2.75, 3.05) is 6.54 Å². The summed E-state index contributed by atoms with van der Waals surface area (Å²) in [5, 5.41) is 3.10. The Bertz CT molecular complexity index is 346. The molecular weight excluding hydrogens is 203 g/mol. The molecule has 0 aliphatic carbocycles. The lowest BCUT2D eigenvalue weighted by atomic mass is 9.99. The van der Waals surface area contributed by atoms with Gasteiger partial charge in [-0.1, -0.05) is 6.07 Å². The fraction of sp³-hybridized carbons (Fsp3) is 0.455. The third-order valence-electron chi connectivity index (χ3n) is 2.72. The molecule has 1 N–H and O–H groups in total. The van der Waals surface area contributed by atoms with E-state index in [0.717, 1.165) is 25.5 Å². The van der Waals surface area contributed by atoms with Crippen molar-refractivity contribution in [3.63, 3.8) is 0 Å². The number of hydrogen-bond acceptors (Lipinski definition) is 1. The molecule has 82 valence electrons. The predicted molar refractivity (Wildman–Crippen MR) is 51.3 cm³/mol. The Kier molecular flexibility index (Phi) is 2.95. The average Bonchev–Trinajstić information content (AvgIpc) is 2.69. The minimum Gasteiger partial charge on any atom is -0.310 e. The third kappa shape index (κ3) is 2.15. The van der Waals surface area contributed by atoms with Crippen LogP contribution in [0, 0.1) is 5.82 Å². The lowest BCUT2D eigenvalue weighted by molar-refractivity contribution is 0.149. The standard InChI is InChI=1S/C11H12F3N/c12-7-3-4-8(11(13)14)9(6-7)10-2-1-5-15-10/h3-4,6,10-11,15H,1-2,5H2/t10-/m0/s1. The van der Waals surface area contributed by atoms with Gasteiger partial charge in [-0.05, 0) is 37.1 Å². The van der Waals surface area contributed by atoms with E-state index in [-0.39, 0.29) is 11.6 Å². The number of hydrogen-bond donors (Lipinski definition) is 1. The summed E-state index contributed by atoms with van der Waals surface area (Å²) in [5.74, 6) is -0.455. The number of benzene rings is 1. The van der Waals surface area contributed by atoms with Crippen LogP contribution < -0.4 is 5.32 Å². The largest absolute Gasteiger partial charge is 0.310 e. The molecule has 2 rings (SSSR count). The van der Waals surface area contributed by atoms with Gasteiger partial charge in [0.25, 0.3) is 6.43 Å². The second-order valence-corrected chi connectivity index (χ2v) is 3.72. The van der Waals surface area contributed by atoms with Gasteiger partial charge in [0.15, 0.2) is 0 Å². The average molecular weight is 215 g/mol. The summed E-state index contributed by atoms with van der Waals surface area (Å²) in [6, 6.07) is 3.35. The van der Waals surface area contributed by atoms with Crippen LogP contribution in [0.5, 0.6) is 0 Å². The lowest BCUT2D eigenvalue weighted by Crippen LogP contribution is -2.15. The molecular formula is C11H12F3N. The summed E-state index contributed by atoms with van der Waals surface area (Å²) in [5.41, 5.74) is 0.346. The Balaban J connectivity index is 2.37. The van der Waals surface area contributed by atoms with Gasteiger partial charge in [0.1, 0.15) is 5.82 Å². The van der Waals surface area contributed by atoms with Crippen LogP contribution in [-0.4, -0.2) is 6.54 Å². The van der Waals surface area contributed by atoms with Gasteiger partial charge in [-0.25, -0.2) is 13.2 Å². The molecule has 1 aromatic carbocycles. The van der Waals surface area contributed by atoms with Crippen LogP contribution in [0.1, 0.15) is 36.4 Å². The molecule has 1 atom stereocenters. The molecule has 1 aromatic rings. The first-order valence-electron chi connectivity index (χ1n) is 4.99. The van der Waals surface area contributed by atoms with E-state index in [2.05, 4.69) is 5.32 Å². The second-order valence-electron chi connectivity index (χ2n) is 3.72. The van der Waals surface area contributed by atoms with Gasteiger partial charge < -0.3 is 5.32 Å². The van der Waals surface area contributed by atoms with Crippen LogP contribution in [0.3, 0.4) is 0 Å². The van der Waals surface area contributed by atoms with Crippen molar-refractivity contribution >= 4 is 0 Å². The molecule has 1 aliphatic heterocycles. The van der Waals surface area contributed by atoms with Crippen LogP contribution in [0.4, 0.5) is 13.2 Å². The Labute approximate surface area is 86.3 Å². The third-order valence-corrected chi connectivity index (χ3v) is 2.72. The summed E-state index contributed by atoms with van der Waals surface area (Å²) in [6.45, 7) is 0.809. The maximum absolute atomic E-state index is 13.0. The second kappa shape index (κ2) is 4.23. The molecule has 15 heavy (non-hydrogen) atoms. The molecule has 0 aromatic heterocycles. The van der Waals surface area contributed by atoms with Crippen LogP contribution in [0.25, 0.3) is 0 Å². The van der Waals surface area contributed by atoms with E-state index in [4.69, 9.17) is 0 Å². The van der Waals surface area contributed by atoms with Crippen LogP contribution in [0.15, 0.2) is 18.2 Å². The molecule has 1 nitrogen and oxygen atoms in total. The molecule has 1 saturated heterocycles. The Morgan fingerprint density at radius 2 is 2.13 bits per heavy atom. The van der Waals surface area contributed by atoms with Gasteiger partial charge in [-0.2, -0.15) is 0 Å². The van der Waals surface area contributed by atoms with E-state index in [1.165, 1.54) is 12.1 Å². The number of halogens is 3. The van der Waals surface area contributed by atoms with E-state index in [9.17, 15) is 13.2 Å². The molecule has 0 saturated carbocycles. The molecule has 1 aliphatic rings. The van der Waals surface area contributed by atoms with Crippen molar-refractivity contribution < 1.29 is 13.2 Å². The molecule has 0 unspecified atom stereocenters. The highest BCUT2D eigenvalue weighted by Gasteiger charge is 2.23. The minimum atomic E-state index is -2.54. The summed E-state index contributed by atoms with van der Waals surface area (Å²) in [4.78, 5) is 0. The van der Waals surface area contributed by atoms with E-state index in [0.29, 0.717) is 5.56 Å². The SMILES string of the molecule is Fc1ccc(C(F)F)c([C@@H]2CCCN2)c1. The van der Waals surface area contributed by atoms with Gasteiger partial charge in [0.05, 0.1) is 0 Å². The van der Waals surface area contributed by atoms with Crippen molar-refractivity contribution in [3.05, 3.63) is 35.1 Å². The monoisotopic (exact) mass is 215 g/mol. The molecule has 4 heteroatoms. The zero-order valence-electron chi connectivity index (χ0n) is 8.14. The number of nitrogens with one attached hydrogen (secondary N) is 1. The highest BCUT2D eigenvalue weighted by atomic mass is 19.3. The van der Waals surface area contributed by atoms with E-state index in [1.807, 2.05) is 0 Å². The molecule has 0 radical (unpaired) electrons. The van der Waals surface area contributed by atoms with Gasteiger partial charge in [-0.3, -0.25) is 0 Å². The van der Waals surface area contributed by atoms with Gasteiger partial charge >= 0.3 is 0 Å².